The first-order valence-electron chi connectivity index (χ1n) is 6.53. The minimum atomic E-state index is -0.235. The van der Waals surface area contributed by atoms with E-state index in [9.17, 15) is 4.79 Å². The highest BCUT2D eigenvalue weighted by Crippen LogP contribution is 2.23. The molecule has 0 bridgehead atoms. The molecular formula is C15H23BrN2O. The van der Waals surface area contributed by atoms with E-state index < -0.39 is 0 Å². The molecule has 0 aliphatic heterocycles. The summed E-state index contributed by atoms with van der Waals surface area (Å²) in [4.78, 5) is 12.0. The molecule has 0 saturated carbocycles. The Morgan fingerprint density at radius 2 is 1.79 bits per heavy atom. The summed E-state index contributed by atoms with van der Waals surface area (Å²) < 4.78 is 1.05. The molecule has 1 rings (SSSR count). The normalized spacial score (nSPS) is 14.8. The molecule has 0 heterocycles. The lowest BCUT2D eigenvalue weighted by atomic mass is 10.1. The Balaban J connectivity index is 2.64. The quantitative estimate of drug-likeness (QED) is 0.890. The molecule has 19 heavy (non-hydrogen) atoms. The van der Waals surface area contributed by atoms with Crippen molar-refractivity contribution in [1.82, 2.24) is 10.6 Å². The second kappa shape index (κ2) is 6.53. The maximum Gasteiger partial charge on any atom is 0.237 e. The number of hydrogen-bond donors (Lipinski definition) is 2. The van der Waals surface area contributed by atoms with Gasteiger partial charge < -0.3 is 5.32 Å². The highest BCUT2D eigenvalue weighted by molar-refractivity contribution is 9.10. The van der Waals surface area contributed by atoms with E-state index in [1.54, 1.807) is 0 Å². The number of rotatable bonds is 4. The molecule has 1 aromatic rings. The molecule has 0 fully saturated rings. The van der Waals surface area contributed by atoms with Gasteiger partial charge in [-0.15, -0.1) is 0 Å². The molecule has 0 radical (unpaired) electrons. The molecule has 0 aliphatic carbocycles. The number of carbonyl (C=O) groups is 1. The van der Waals surface area contributed by atoms with Gasteiger partial charge in [-0.25, -0.2) is 0 Å². The van der Waals surface area contributed by atoms with Crippen molar-refractivity contribution >= 4 is 21.8 Å². The molecule has 1 amide bonds. The van der Waals surface area contributed by atoms with Crippen LogP contribution in [-0.2, 0) is 4.79 Å². The minimum Gasteiger partial charge on any atom is -0.350 e. The molecule has 0 spiro atoms. The number of benzene rings is 1. The van der Waals surface area contributed by atoms with Crippen molar-refractivity contribution < 1.29 is 4.79 Å². The minimum absolute atomic E-state index is 0.0198. The molecule has 0 aromatic heterocycles. The largest absolute Gasteiger partial charge is 0.350 e. The molecular weight excluding hydrogens is 304 g/mol. The Bertz CT molecular complexity index is 440. The summed E-state index contributed by atoms with van der Waals surface area (Å²) in [7, 11) is 0. The van der Waals surface area contributed by atoms with Crippen LogP contribution in [-0.4, -0.2) is 17.5 Å². The molecule has 2 atom stereocenters. The SMILES string of the molecule is CC(N[C@H](C)c1ccccc1Br)C(=O)NC(C)(C)C. The maximum atomic E-state index is 12.0. The Labute approximate surface area is 124 Å². The van der Waals surface area contributed by atoms with Gasteiger partial charge in [0.05, 0.1) is 6.04 Å². The molecule has 1 aromatic carbocycles. The van der Waals surface area contributed by atoms with Crippen molar-refractivity contribution in [3.63, 3.8) is 0 Å². The predicted octanol–water partition coefficient (Wildman–Crippen LogP) is 3.40. The Kier molecular flexibility index (Phi) is 5.56. The average Bonchev–Trinajstić information content (AvgIpc) is 2.27. The zero-order valence-electron chi connectivity index (χ0n) is 12.3. The second-order valence-electron chi connectivity index (χ2n) is 5.87. The van der Waals surface area contributed by atoms with E-state index in [2.05, 4.69) is 39.6 Å². The van der Waals surface area contributed by atoms with Gasteiger partial charge in [-0.2, -0.15) is 0 Å². The van der Waals surface area contributed by atoms with Gasteiger partial charge in [0, 0.05) is 16.1 Å². The summed E-state index contributed by atoms with van der Waals surface area (Å²) in [6, 6.07) is 7.91. The van der Waals surface area contributed by atoms with Gasteiger partial charge in [-0.05, 0) is 46.2 Å². The van der Waals surface area contributed by atoms with Crippen molar-refractivity contribution in [2.45, 2.75) is 52.2 Å². The molecule has 0 aliphatic rings. The third-order valence-electron chi connectivity index (χ3n) is 2.76. The van der Waals surface area contributed by atoms with Gasteiger partial charge in [0.2, 0.25) is 5.91 Å². The van der Waals surface area contributed by atoms with Crippen molar-refractivity contribution in [1.29, 1.82) is 0 Å². The third-order valence-corrected chi connectivity index (χ3v) is 3.49. The van der Waals surface area contributed by atoms with Gasteiger partial charge in [-0.1, -0.05) is 34.1 Å². The molecule has 0 saturated heterocycles. The van der Waals surface area contributed by atoms with Crippen LogP contribution in [0.5, 0.6) is 0 Å². The lowest BCUT2D eigenvalue weighted by Crippen LogP contribution is -2.50. The smallest absolute Gasteiger partial charge is 0.237 e. The fourth-order valence-electron chi connectivity index (χ4n) is 1.84. The van der Waals surface area contributed by atoms with Crippen molar-refractivity contribution in [2.75, 3.05) is 0 Å². The van der Waals surface area contributed by atoms with Crippen LogP contribution < -0.4 is 10.6 Å². The first kappa shape index (κ1) is 16.2. The Morgan fingerprint density at radius 1 is 1.21 bits per heavy atom. The summed E-state index contributed by atoms with van der Waals surface area (Å²) >= 11 is 3.53. The molecule has 2 N–H and O–H groups in total. The van der Waals surface area contributed by atoms with Gasteiger partial charge >= 0.3 is 0 Å². The van der Waals surface area contributed by atoms with Gasteiger partial charge in [0.1, 0.15) is 0 Å². The summed E-state index contributed by atoms with van der Waals surface area (Å²) in [6.45, 7) is 9.88. The monoisotopic (exact) mass is 326 g/mol. The number of carbonyl (C=O) groups excluding carboxylic acids is 1. The van der Waals surface area contributed by atoms with Crippen molar-refractivity contribution in [2.24, 2.45) is 0 Å². The van der Waals surface area contributed by atoms with E-state index in [1.165, 1.54) is 0 Å². The van der Waals surface area contributed by atoms with E-state index in [-0.39, 0.29) is 23.5 Å². The zero-order chi connectivity index (χ0) is 14.6. The van der Waals surface area contributed by atoms with Gasteiger partial charge in [-0.3, -0.25) is 10.1 Å². The first-order chi connectivity index (χ1) is 8.70. The van der Waals surface area contributed by atoms with Gasteiger partial charge in [0.15, 0.2) is 0 Å². The number of amides is 1. The lowest BCUT2D eigenvalue weighted by Gasteiger charge is -2.26. The van der Waals surface area contributed by atoms with Crippen LogP contribution in [0.25, 0.3) is 0 Å². The van der Waals surface area contributed by atoms with E-state index in [0.29, 0.717) is 0 Å². The average molecular weight is 327 g/mol. The lowest BCUT2D eigenvalue weighted by molar-refractivity contribution is -0.124. The van der Waals surface area contributed by atoms with E-state index in [4.69, 9.17) is 0 Å². The van der Waals surface area contributed by atoms with Crippen LogP contribution in [0.2, 0.25) is 0 Å². The fourth-order valence-corrected chi connectivity index (χ4v) is 2.47. The highest BCUT2D eigenvalue weighted by atomic mass is 79.9. The van der Waals surface area contributed by atoms with Gasteiger partial charge in [0.25, 0.3) is 0 Å². The highest BCUT2D eigenvalue weighted by Gasteiger charge is 2.21. The number of nitrogens with one attached hydrogen (secondary N) is 2. The topological polar surface area (TPSA) is 41.1 Å². The summed E-state index contributed by atoms with van der Waals surface area (Å²) in [5.74, 6) is 0.0198. The molecule has 3 nitrogen and oxygen atoms in total. The number of halogens is 1. The summed E-state index contributed by atoms with van der Waals surface area (Å²) in [5.41, 5.74) is 0.946. The van der Waals surface area contributed by atoms with Crippen molar-refractivity contribution in [3.05, 3.63) is 34.3 Å². The van der Waals surface area contributed by atoms with Crippen LogP contribution in [0, 0.1) is 0 Å². The van der Waals surface area contributed by atoms with E-state index in [1.807, 2.05) is 45.9 Å². The first-order valence-corrected chi connectivity index (χ1v) is 7.32. The maximum absolute atomic E-state index is 12.0. The molecule has 4 heteroatoms. The fraction of sp³-hybridized carbons (Fsp3) is 0.533. The van der Waals surface area contributed by atoms with Crippen LogP contribution in [0.3, 0.4) is 0 Å². The second-order valence-corrected chi connectivity index (χ2v) is 6.73. The van der Waals surface area contributed by atoms with Crippen LogP contribution in [0.15, 0.2) is 28.7 Å². The standard InChI is InChI=1S/C15H23BrN2O/c1-10(12-8-6-7-9-13(12)16)17-11(2)14(19)18-15(3,4)5/h6-11,17H,1-5H3,(H,18,19)/t10-,11?/m1/s1. The molecule has 1 unspecified atom stereocenters. The van der Waals surface area contributed by atoms with Crippen molar-refractivity contribution in [3.8, 4) is 0 Å². The Morgan fingerprint density at radius 3 is 2.32 bits per heavy atom. The van der Waals surface area contributed by atoms with Crippen LogP contribution in [0.4, 0.5) is 0 Å². The van der Waals surface area contributed by atoms with E-state index >= 15 is 0 Å². The van der Waals surface area contributed by atoms with Crippen LogP contribution >= 0.6 is 15.9 Å². The number of hydrogen-bond acceptors (Lipinski definition) is 2. The Hall–Kier alpha value is -0.870. The molecule has 106 valence electrons. The zero-order valence-corrected chi connectivity index (χ0v) is 13.8. The van der Waals surface area contributed by atoms with E-state index in [0.717, 1.165) is 10.0 Å². The summed E-state index contributed by atoms with van der Waals surface area (Å²) in [6.07, 6.45) is 0. The predicted molar refractivity (Wildman–Crippen MR) is 83.1 cm³/mol. The third kappa shape index (κ3) is 5.33. The summed E-state index contributed by atoms with van der Waals surface area (Å²) in [5, 5.41) is 6.29. The van der Waals surface area contributed by atoms with Crippen LogP contribution in [0.1, 0.15) is 46.2 Å².